The second-order valence-corrected chi connectivity index (χ2v) is 1.82. The molecule has 0 aliphatic heterocycles. The Labute approximate surface area is 66.9 Å². The van der Waals surface area contributed by atoms with E-state index in [9.17, 15) is 14.9 Å². The topological polar surface area (TPSA) is 82.3 Å². The number of hydrogen-bond acceptors (Lipinski definition) is 5. The van der Waals surface area contributed by atoms with E-state index in [0.717, 1.165) is 0 Å². The third-order valence-electron chi connectivity index (χ3n) is 1.03. The summed E-state index contributed by atoms with van der Waals surface area (Å²) in [6.07, 6.45) is 1.34. The van der Waals surface area contributed by atoms with Gasteiger partial charge in [-0.05, 0) is 12.1 Å². The van der Waals surface area contributed by atoms with Gasteiger partial charge >= 0.3 is 11.1 Å². The van der Waals surface area contributed by atoms with Crippen LogP contribution in [0.4, 0.5) is 0 Å². The Morgan fingerprint density at radius 2 is 2.33 bits per heavy atom. The average Bonchev–Trinajstić information content (AvgIpc) is 2.05. The summed E-state index contributed by atoms with van der Waals surface area (Å²) < 4.78 is 0. The Morgan fingerprint density at radius 3 is 2.83 bits per heavy atom. The predicted octanol–water partition coefficient (Wildman–Crippen LogP) is 0.430. The highest BCUT2D eigenvalue weighted by Crippen LogP contribution is 1.95. The van der Waals surface area contributed by atoms with Gasteiger partial charge in [-0.1, -0.05) is 6.07 Å². The van der Waals surface area contributed by atoms with Gasteiger partial charge in [-0.3, -0.25) is 9.78 Å². The van der Waals surface area contributed by atoms with Gasteiger partial charge in [-0.15, -0.1) is 10.1 Å². The van der Waals surface area contributed by atoms with Crippen molar-refractivity contribution in [1.82, 2.24) is 4.98 Å². The smallest absolute Gasteiger partial charge is 0.261 e. The molecule has 0 aliphatic rings. The van der Waals surface area contributed by atoms with Crippen molar-refractivity contribution in [2.75, 3.05) is 0 Å². The molecular formula is C6H4N2O4. The summed E-state index contributed by atoms with van der Waals surface area (Å²) in [6.45, 7) is 0. The molecule has 0 N–H and O–H groups in total. The molecule has 0 fully saturated rings. The zero-order valence-corrected chi connectivity index (χ0v) is 5.84. The molecule has 1 aromatic rings. The van der Waals surface area contributed by atoms with Gasteiger partial charge in [-0.25, -0.2) is 4.84 Å². The van der Waals surface area contributed by atoms with Gasteiger partial charge in [0.2, 0.25) is 0 Å². The molecule has 6 heteroatoms. The van der Waals surface area contributed by atoms with Crippen molar-refractivity contribution >= 4 is 5.97 Å². The molecule has 12 heavy (non-hydrogen) atoms. The van der Waals surface area contributed by atoms with E-state index < -0.39 is 11.1 Å². The lowest BCUT2D eigenvalue weighted by molar-refractivity contribution is -0.727. The molecule has 0 saturated carbocycles. The van der Waals surface area contributed by atoms with Crippen LogP contribution in [-0.2, 0) is 4.84 Å². The summed E-state index contributed by atoms with van der Waals surface area (Å²) in [5, 5.41) is 8.55. The van der Waals surface area contributed by atoms with Crippen molar-refractivity contribution in [3.63, 3.8) is 0 Å². The summed E-state index contributed by atoms with van der Waals surface area (Å²) in [7, 11) is 0. The van der Waals surface area contributed by atoms with E-state index >= 15 is 0 Å². The molecular weight excluding hydrogens is 164 g/mol. The number of nitrogens with zero attached hydrogens (tertiary/aromatic N) is 2. The summed E-state index contributed by atoms with van der Waals surface area (Å²) in [5.41, 5.74) is -0.0887. The van der Waals surface area contributed by atoms with Crippen molar-refractivity contribution in [1.29, 1.82) is 0 Å². The van der Waals surface area contributed by atoms with Gasteiger partial charge in [0.25, 0.3) is 0 Å². The number of hydrogen-bond donors (Lipinski definition) is 0. The van der Waals surface area contributed by atoms with Crippen LogP contribution in [0.25, 0.3) is 0 Å². The molecule has 0 aliphatic carbocycles. The Morgan fingerprint density at radius 1 is 1.58 bits per heavy atom. The normalized spacial score (nSPS) is 9.00. The molecule has 0 atom stereocenters. The van der Waals surface area contributed by atoms with Crippen LogP contribution < -0.4 is 0 Å². The number of pyridine rings is 1. The molecule has 0 saturated heterocycles. The minimum absolute atomic E-state index is 0.0887. The summed E-state index contributed by atoms with van der Waals surface area (Å²) in [5.74, 6) is -1.07. The minimum Gasteiger partial charge on any atom is -0.261 e. The Hall–Kier alpha value is -1.98. The van der Waals surface area contributed by atoms with Gasteiger partial charge < -0.3 is 0 Å². The van der Waals surface area contributed by atoms with Crippen molar-refractivity contribution in [2.45, 2.75) is 0 Å². The maximum absolute atomic E-state index is 10.7. The fourth-order valence-electron chi connectivity index (χ4n) is 0.598. The fraction of sp³-hybridized carbons (Fsp3) is 0. The lowest BCUT2D eigenvalue weighted by atomic mass is 10.4. The first-order chi connectivity index (χ1) is 5.70. The van der Waals surface area contributed by atoms with Gasteiger partial charge in [0.05, 0.1) is 0 Å². The number of rotatable bonds is 2. The van der Waals surface area contributed by atoms with Crippen LogP contribution in [0.3, 0.4) is 0 Å². The van der Waals surface area contributed by atoms with Gasteiger partial charge in [-0.2, -0.15) is 0 Å². The minimum atomic E-state index is -1.17. The Kier molecular flexibility index (Phi) is 2.32. The monoisotopic (exact) mass is 168 g/mol. The van der Waals surface area contributed by atoms with E-state index in [-0.39, 0.29) is 5.69 Å². The molecule has 0 amide bonds. The summed E-state index contributed by atoms with van der Waals surface area (Å²) in [4.78, 5) is 27.7. The predicted molar refractivity (Wildman–Crippen MR) is 36.6 cm³/mol. The number of carbonyl (C=O) groups excluding carboxylic acids is 1. The van der Waals surface area contributed by atoms with Crippen molar-refractivity contribution in [3.8, 4) is 0 Å². The van der Waals surface area contributed by atoms with Crippen LogP contribution >= 0.6 is 0 Å². The largest absolute Gasteiger partial charge is 0.352 e. The highest BCUT2D eigenvalue weighted by Gasteiger charge is 2.10. The molecule has 1 heterocycles. The SMILES string of the molecule is O=C(O[N+](=O)[O-])c1ccccn1. The average molecular weight is 168 g/mol. The first-order valence-electron chi connectivity index (χ1n) is 2.98. The van der Waals surface area contributed by atoms with Crippen LogP contribution in [-0.4, -0.2) is 16.0 Å². The molecule has 0 bridgehead atoms. The van der Waals surface area contributed by atoms with Crippen LogP contribution in [0.1, 0.15) is 10.5 Å². The zero-order valence-electron chi connectivity index (χ0n) is 5.84. The maximum atomic E-state index is 10.7. The van der Waals surface area contributed by atoms with Crippen LogP contribution in [0.2, 0.25) is 0 Å². The van der Waals surface area contributed by atoms with Gasteiger partial charge in [0, 0.05) is 6.20 Å². The van der Waals surface area contributed by atoms with Crippen LogP contribution in [0.15, 0.2) is 24.4 Å². The highest BCUT2D eigenvalue weighted by atomic mass is 17.0. The van der Waals surface area contributed by atoms with E-state index in [1.54, 1.807) is 6.07 Å². The molecule has 1 rings (SSSR count). The quantitative estimate of drug-likeness (QED) is 0.472. The molecule has 1 aromatic heterocycles. The first kappa shape index (κ1) is 8.12. The third kappa shape index (κ3) is 2.01. The maximum Gasteiger partial charge on any atom is 0.352 e. The number of carbonyl (C=O) groups is 1. The lowest BCUT2D eigenvalue weighted by Gasteiger charge is -1.94. The Balaban J connectivity index is 2.73. The highest BCUT2D eigenvalue weighted by molar-refractivity contribution is 5.86. The van der Waals surface area contributed by atoms with Gasteiger partial charge in [0.15, 0.2) is 0 Å². The van der Waals surface area contributed by atoms with Crippen molar-refractivity contribution in [3.05, 3.63) is 40.2 Å². The van der Waals surface area contributed by atoms with E-state index in [1.165, 1.54) is 18.3 Å². The molecule has 0 aromatic carbocycles. The van der Waals surface area contributed by atoms with E-state index in [1.807, 2.05) is 0 Å². The lowest BCUT2D eigenvalue weighted by Crippen LogP contribution is -2.11. The summed E-state index contributed by atoms with van der Waals surface area (Å²) >= 11 is 0. The first-order valence-corrected chi connectivity index (χ1v) is 2.98. The number of aromatic nitrogens is 1. The van der Waals surface area contributed by atoms with E-state index in [4.69, 9.17) is 0 Å². The molecule has 0 unspecified atom stereocenters. The van der Waals surface area contributed by atoms with Crippen molar-refractivity contribution in [2.24, 2.45) is 0 Å². The standard InChI is InChI=1S/C6H4N2O4/c9-6(12-8(10)11)5-3-1-2-4-7-5/h1-4H. The van der Waals surface area contributed by atoms with Crippen LogP contribution in [0, 0.1) is 10.1 Å². The molecule has 6 nitrogen and oxygen atoms in total. The second kappa shape index (κ2) is 3.42. The second-order valence-electron chi connectivity index (χ2n) is 1.82. The Bertz CT molecular complexity index is 298. The molecule has 0 spiro atoms. The summed E-state index contributed by atoms with van der Waals surface area (Å²) in [6, 6.07) is 4.44. The zero-order chi connectivity index (χ0) is 8.97. The van der Waals surface area contributed by atoms with Crippen LogP contribution in [0.5, 0.6) is 0 Å². The molecule has 62 valence electrons. The van der Waals surface area contributed by atoms with Crippen molar-refractivity contribution < 1.29 is 14.7 Å². The third-order valence-corrected chi connectivity index (χ3v) is 1.03. The fourth-order valence-corrected chi connectivity index (χ4v) is 0.598. The van der Waals surface area contributed by atoms with E-state index in [0.29, 0.717) is 0 Å². The molecule has 0 radical (unpaired) electrons. The van der Waals surface area contributed by atoms with Gasteiger partial charge in [0.1, 0.15) is 5.69 Å². The van der Waals surface area contributed by atoms with E-state index in [2.05, 4.69) is 9.82 Å².